The molecule has 0 saturated carbocycles. The first-order valence-electron chi connectivity index (χ1n) is 8.79. The van der Waals surface area contributed by atoms with Gasteiger partial charge in [0.05, 0.1) is 0 Å². The molecular weight excluding hydrogens is 316 g/mol. The summed E-state index contributed by atoms with van der Waals surface area (Å²) in [4.78, 5) is 26.3. The first-order chi connectivity index (χ1) is 12.1. The van der Waals surface area contributed by atoms with Crippen molar-refractivity contribution < 1.29 is 9.53 Å². The number of nitrogens with zero attached hydrogens (tertiary/aromatic N) is 2. The Kier molecular flexibility index (Phi) is 3.86. The highest BCUT2D eigenvalue weighted by Crippen LogP contribution is 2.39. The van der Waals surface area contributed by atoms with Gasteiger partial charge in [0, 0.05) is 50.8 Å². The standard InChI is InChI=1S/C20H22N2O3/c1-21-11-7-16(14-18(21)23)19(24)22-12-9-20(10-13-22)8-6-15-4-2-3-5-17(15)25-20/h2-5,7,11,14H,6,8-10,12-13H2,1H3. The molecule has 5 nitrogen and oxygen atoms in total. The van der Waals surface area contributed by atoms with Crippen LogP contribution in [0.2, 0.25) is 0 Å². The van der Waals surface area contributed by atoms with Crippen LogP contribution in [0.4, 0.5) is 0 Å². The number of carbonyl (C=O) groups excluding carboxylic acids is 1. The van der Waals surface area contributed by atoms with Gasteiger partial charge in [-0.2, -0.15) is 0 Å². The Morgan fingerprint density at radius 2 is 1.88 bits per heavy atom. The van der Waals surface area contributed by atoms with Crippen molar-refractivity contribution in [2.24, 2.45) is 7.05 Å². The molecule has 0 bridgehead atoms. The molecule has 0 unspecified atom stereocenters. The highest BCUT2D eigenvalue weighted by molar-refractivity contribution is 5.94. The lowest BCUT2D eigenvalue weighted by atomic mass is 9.83. The van der Waals surface area contributed by atoms with E-state index in [4.69, 9.17) is 4.74 Å². The maximum absolute atomic E-state index is 12.7. The van der Waals surface area contributed by atoms with Crippen LogP contribution in [0, 0.1) is 0 Å². The molecule has 2 aliphatic heterocycles. The van der Waals surface area contributed by atoms with Gasteiger partial charge < -0.3 is 14.2 Å². The summed E-state index contributed by atoms with van der Waals surface area (Å²) in [5.74, 6) is 0.920. The van der Waals surface area contributed by atoms with Crippen molar-refractivity contribution in [3.8, 4) is 5.75 Å². The molecule has 1 saturated heterocycles. The summed E-state index contributed by atoms with van der Waals surface area (Å²) in [5, 5.41) is 0. The fourth-order valence-electron chi connectivity index (χ4n) is 3.79. The van der Waals surface area contributed by atoms with E-state index in [1.807, 2.05) is 23.1 Å². The van der Waals surface area contributed by atoms with Gasteiger partial charge in [-0.15, -0.1) is 0 Å². The van der Waals surface area contributed by atoms with Crippen LogP contribution in [0.15, 0.2) is 47.4 Å². The summed E-state index contributed by atoms with van der Waals surface area (Å²) in [6.45, 7) is 1.33. The van der Waals surface area contributed by atoms with Crippen LogP contribution in [0.3, 0.4) is 0 Å². The SMILES string of the molecule is Cn1ccc(C(=O)N2CCC3(CCc4ccccc4O3)CC2)cc1=O. The number of hydrogen-bond donors (Lipinski definition) is 0. The van der Waals surface area contributed by atoms with E-state index in [0.29, 0.717) is 18.7 Å². The Morgan fingerprint density at radius 3 is 2.64 bits per heavy atom. The number of amides is 1. The molecule has 2 aliphatic rings. The third-order valence-electron chi connectivity index (χ3n) is 5.46. The third-order valence-corrected chi connectivity index (χ3v) is 5.46. The Labute approximate surface area is 146 Å². The number of aromatic nitrogens is 1. The molecule has 25 heavy (non-hydrogen) atoms. The normalized spacial score (nSPS) is 18.5. The van der Waals surface area contributed by atoms with Crippen LogP contribution in [-0.4, -0.2) is 34.1 Å². The molecule has 0 N–H and O–H groups in total. The van der Waals surface area contributed by atoms with Gasteiger partial charge in [-0.3, -0.25) is 9.59 Å². The van der Waals surface area contributed by atoms with Crippen molar-refractivity contribution in [2.75, 3.05) is 13.1 Å². The molecule has 0 atom stereocenters. The van der Waals surface area contributed by atoms with Crippen molar-refractivity contribution in [2.45, 2.75) is 31.3 Å². The summed E-state index contributed by atoms with van der Waals surface area (Å²) in [7, 11) is 1.68. The lowest BCUT2D eigenvalue weighted by Crippen LogP contribution is -2.51. The maximum atomic E-state index is 12.7. The summed E-state index contributed by atoms with van der Waals surface area (Å²) in [6.07, 6.45) is 5.33. The largest absolute Gasteiger partial charge is 0.487 e. The van der Waals surface area contributed by atoms with Crippen LogP contribution in [-0.2, 0) is 13.5 Å². The van der Waals surface area contributed by atoms with Crippen molar-refractivity contribution in [3.05, 3.63) is 64.1 Å². The fraction of sp³-hybridized carbons (Fsp3) is 0.400. The summed E-state index contributed by atoms with van der Waals surface area (Å²) >= 11 is 0. The van der Waals surface area contributed by atoms with Crippen molar-refractivity contribution in [1.29, 1.82) is 0 Å². The molecule has 0 radical (unpaired) electrons. The quantitative estimate of drug-likeness (QED) is 0.802. The molecule has 4 rings (SSSR count). The lowest BCUT2D eigenvalue weighted by molar-refractivity contribution is -0.0107. The summed E-state index contributed by atoms with van der Waals surface area (Å²) in [5.41, 5.74) is 1.42. The number of carbonyl (C=O) groups is 1. The molecule has 1 spiro atoms. The molecule has 2 aromatic rings. The van der Waals surface area contributed by atoms with Crippen LogP contribution in [0.25, 0.3) is 0 Å². The smallest absolute Gasteiger partial charge is 0.254 e. The van der Waals surface area contributed by atoms with Crippen molar-refractivity contribution >= 4 is 5.91 Å². The van der Waals surface area contributed by atoms with Crippen molar-refractivity contribution in [1.82, 2.24) is 9.47 Å². The van der Waals surface area contributed by atoms with Gasteiger partial charge in [-0.05, 0) is 30.5 Å². The van der Waals surface area contributed by atoms with Gasteiger partial charge in [-0.25, -0.2) is 0 Å². The second-order valence-electron chi connectivity index (χ2n) is 7.05. The Hall–Kier alpha value is -2.56. The molecule has 3 heterocycles. The maximum Gasteiger partial charge on any atom is 0.254 e. The minimum Gasteiger partial charge on any atom is -0.487 e. The highest BCUT2D eigenvalue weighted by Gasteiger charge is 2.40. The van der Waals surface area contributed by atoms with Gasteiger partial charge in [-0.1, -0.05) is 18.2 Å². The Balaban J connectivity index is 1.46. The number of aryl methyl sites for hydroxylation is 2. The molecule has 0 aliphatic carbocycles. The van der Waals surface area contributed by atoms with Crippen LogP contribution < -0.4 is 10.3 Å². The number of piperidine rings is 1. The summed E-state index contributed by atoms with van der Waals surface area (Å²) in [6, 6.07) is 11.3. The predicted octanol–water partition coefficient (Wildman–Crippen LogP) is 2.39. The van der Waals surface area contributed by atoms with Crippen LogP contribution >= 0.6 is 0 Å². The number of ether oxygens (including phenoxy) is 1. The number of para-hydroxylation sites is 1. The topological polar surface area (TPSA) is 51.5 Å². The Morgan fingerprint density at radius 1 is 1.12 bits per heavy atom. The number of hydrogen-bond acceptors (Lipinski definition) is 3. The second kappa shape index (κ2) is 6.06. The first-order valence-corrected chi connectivity index (χ1v) is 8.79. The van der Waals surface area contributed by atoms with Crippen molar-refractivity contribution in [3.63, 3.8) is 0 Å². The minimum absolute atomic E-state index is 0.0660. The van der Waals surface area contributed by atoms with Gasteiger partial charge in [0.2, 0.25) is 0 Å². The second-order valence-corrected chi connectivity index (χ2v) is 7.05. The van der Waals surface area contributed by atoms with Gasteiger partial charge in [0.1, 0.15) is 11.4 Å². The zero-order valence-corrected chi connectivity index (χ0v) is 14.4. The first kappa shape index (κ1) is 15.9. The summed E-state index contributed by atoms with van der Waals surface area (Å²) < 4.78 is 7.81. The Bertz CT molecular complexity index is 863. The molecule has 1 amide bonds. The average Bonchev–Trinajstić information content (AvgIpc) is 2.64. The number of rotatable bonds is 1. The van der Waals surface area contributed by atoms with Gasteiger partial charge in [0.15, 0.2) is 0 Å². The molecular formula is C20H22N2O3. The van der Waals surface area contributed by atoms with Crippen LogP contribution in [0.5, 0.6) is 5.75 Å². The molecule has 1 aromatic carbocycles. The lowest BCUT2D eigenvalue weighted by Gasteiger charge is -2.44. The van der Waals surface area contributed by atoms with E-state index in [1.165, 1.54) is 16.2 Å². The zero-order chi connectivity index (χ0) is 17.4. The van der Waals surface area contributed by atoms with E-state index in [0.717, 1.165) is 31.4 Å². The number of likely N-dealkylation sites (tertiary alicyclic amines) is 1. The van der Waals surface area contributed by atoms with E-state index in [9.17, 15) is 9.59 Å². The average molecular weight is 338 g/mol. The van der Waals surface area contributed by atoms with E-state index in [1.54, 1.807) is 19.3 Å². The fourth-order valence-corrected chi connectivity index (χ4v) is 3.79. The monoisotopic (exact) mass is 338 g/mol. The van der Waals surface area contributed by atoms with E-state index in [-0.39, 0.29) is 17.1 Å². The van der Waals surface area contributed by atoms with Crippen LogP contribution in [0.1, 0.15) is 35.2 Å². The number of fused-ring (bicyclic) bond motifs is 1. The zero-order valence-electron chi connectivity index (χ0n) is 14.4. The number of benzene rings is 1. The van der Waals surface area contributed by atoms with E-state index in [2.05, 4.69) is 6.07 Å². The van der Waals surface area contributed by atoms with E-state index < -0.39 is 0 Å². The molecule has 5 heteroatoms. The van der Waals surface area contributed by atoms with Gasteiger partial charge >= 0.3 is 0 Å². The predicted molar refractivity (Wildman–Crippen MR) is 94.9 cm³/mol. The third kappa shape index (κ3) is 2.95. The van der Waals surface area contributed by atoms with Gasteiger partial charge in [0.25, 0.3) is 11.5 Å². The molecule has 130 valence electrons. The number of pyridine rings is 1. The minimum atomic E-state index is -0.161. The molecule has 1 fully saturated rings. The molecule has 1 aromatic heterocycles. The van der Waals surface area contributed by atoms with E-state index >= 15 is 0 Å². The highest BCUT2D eigenvalue weighted by atomic mass is 16.5.